The molecule has 2 aromatic heterocycles. The topological polar surface area (TPSA) is 81.9 Å². The number of hydrogen-bond donors (Lipinski definition) is 1. The Bertz CT molecular complexity index is 1280. The number of fused-ring (bicyclic) bond motifs is 1. The molecule has 33 heavy (non-hydrogen) atoms. The maximum Gasteiger partial charge on any atom is 0.234 e. The van der Waals surface area contributed by atoms with Crippen molar-refractivity contribution >= 4 is 44.9 Å². The summed E-state index contributed by atoms with van der Waals surface area (Å²) in [6, 6.07) is 11.9. The summed E-state index contributed by atoms with van der Waals surface area (Å²) in [5.41, 5.74) is 2.44. The molecule has 5 rings (SSSR count). The molecule has 1 aliphatic heterocycles. The number of anilines is 1. The van der Waals surface area contributed by atoms with E-state index in [1.54, 1.807) is 23.5 Å². The molecule has 1 fully saturated rings. The van der Waals surface area contributed by atoms with E-state index in [0.717, 1.165) is 45.9 Å². The van der Waals surface area contributed by atoms with E-state index in [1.807, 2.05) is 29.7 Å². The molecular weight excluding hydrogens is 461 g/mol. The van der Waals surface area contributed by atoms with Crippen molar-refractivity contribution in [1.29, 1.82) is 0 Å². The van der Waals surface area contributed by atoms with Crippen molar-refractivity contribution in [1.82, 2.24) is 19.7 Å². The zero-order chi connectivity index (χ0) is 22.8. The summed E-state index contributed by atoms with van der Waals surface area (Å²) in [5, 5.41) is 13.2. The second-order valence-corrected chi connectivity index (χ2v) is 9.99. The van der Waals surface area contributed by atoms with E-state index in [1.165, 1.54) is 23.9 Å². The summed E-state index contributed by atoms with van der Waals surface area (Å²) >= 11 is 2.92. The lowest BCUT2D eigenvalue weighted by molar-refractivity contribution is -0.113. The summed E-state index contributed by atoms with van der Waals surface area (Å²) in [5.74, 6) is 0.393. The number of benzene rings is 2. The van der Waals surface area contributed by atoms with Gasteiger partial charge in [-0.25, -0.2) is 9.37 Å². The number of carbonyl (C=O) groups is 1. The first kappa shape index (κ1) is 22.0. The van der Waals surface area contributed by atoms with Gasteiger partial charge in [0, 0.05) is 17.9 Å². The summed E-state index contributed by atoms with van der Waals surface area (Å²) in [4.78, 5) is 17.1. The van der Waals surface area contributed by atoms with Crippen molar-refractivity contribution in [3.63, 3.8) is 0 Å². The molecule has 0 radical (unpaired) electrons. The van der Waals surface area contributed by atoms with Gasteiger partial charge in [0.1, 0.15) is 5.82 Å². The molecule has 3 heterocycles. The van der Waals surface area contributed by atoms with Crippen molar-refractivity contribution < 1.29 is 13.9 Å². The van der Waals surface area contributed by atoms with Gasteiger partial charge in [-0.05, 0) is 62.2 Å². The number of thioether (sulfide) groups is 1. The van der Waals surface area contributed by atoms with Crippen LogP contribution in [0.25, 0.3) is 21.6 Å². The van der Waals surface area contributed by atoms with Crippen LogP contribution in [0.2, 0.25) is 0 Å². The number of aryl methyl sites for hydroxylation is 1. The SMILES string of the molecule is Cc1nc2ccc(NC(=O)CSc3nnc(-c4ccc(F)cc4)n3CC3CCCO3)cc2s1. The van der Waals surface area contributed by atoms with Crippen LogP contribution in [0.4, 0.5) is 10.1 Å². The molecule has 1 atom stereocenters. The summed E-state index contributed by atoms with van der Waals surface area (Å²) < 4.78 is 22.2. The maximum absolute atomic E-state index is 13.4. The molecule has 1 aliphatic rings. The average molecular weight is 484 g/mol. The third-order valence-electron chi connectivity index (χ3n) is 5.34. The van der Waals surface area contributed by atoms with Crippen LogP contribution in [0.3, 0.4) is 0 Å². The number of nitrogens with one attached hydrogen (secondary N) is 1. The summed E-state index contributed by atoms with van der Waals surface area (Å²) in [7, 11) is 0. The average Bonchev–Trinajstić information content (AvgIpc) is 3.53. The Morgan fingerprint density at radius 2 is 2.12 bits per heavy atom. The molecule has 0 saturated carbocycles. The van der Waals surface area contributed by atoms with Crippen molar-refractivity contribution in [2.45, 2.75) is 37.6 Å². The van der Waals surface area contributed by atoms with Gasteiger partial charge in [-0.3, -0.25) is 9.36 Å². The number of aromatic nitrogens is 4. The number of rotatable bonds is 7. The monoisotopic (exact) mass is 483 g/mol. The maximum atomic E-state index is 13.4. The van der Waals surface area contributed by atoms with Crippen LogP contribution >= 0.6 is 23.1 Å². The van der Waals surface area contributed by atoms with Gasteiger partial charge in [-0.1, -0.05) is 11.8 Å². The fourth-order valence-corrected chi connectivity index (χ4v) is 5.42. The Hall–Kier alpha value is -2.82. The van der Waals surface area contributed by atoms with Gasteiger partial charge in [-0.2, -0.15) is 0 Å². The number of ether oxygens (including phenoxy) is 1. The third-order valence-corrected chi connectivity index (χ3v) is 7.24. The minimum atomic E-state index is -0.304. The van der Waals surface area contributed by atoms with E-state index in [-0.39, 0.29) is 23.6 Å². The highest BCUT2D eigenvalue weighted by molar-refractivity contribution is 7.99. The van der Waals surface area contributed by atoms with Crippen LogP contribution in [0.15, 0.2) is 47.6 Å². The van der Waals surface area contributed by atoms with Crippen molar-refractivity contribution in [3.05, 3.63) is 53.3 Å². The normalized spacial score (nSPS) is 15.9. The summed E-state index contributed by atoms with van der Waals surface area (Å²) in [6.45, 7) is 3.30. The lowest BCUT2D eigenvalue weighted by atomic mass is 10.2. The fourth-order valence-electron chi connectivity index (χ4n) is 3.81. The van der Waals surface area contributed by atoms with Gasteiger partial charge < -0.3 is 10.1 Å². The molecule has 1 unspecified atom stereocenters. The molecule has 7 nitrogen and oxygen atoms in total. The number of hydrogen-bond acceptors (Lipinski definition) is 7. The molecule has 1 amide bonds. The molecule has 4 aromatic rings. The first-order valence-corrected chi connectivity index (χ1v) is 12.5. The van der Waals surface area contributed by atoms with Crippen molar-refractivity contribution in [3.8, 4) is 11.4 Å². The third kappa shape index (κ3) is 5.07. The quantitative estimate of drug-likeness (QED) is 0.376. The minimum absolute atomic E-state index is 0.0722. The predicted octanol–water partition coefficient (Wildman–Crippen LogP) is 4.91. The molecule has 2 aromatic carbocycles. The fraction of sp³-hybridized carbons (Fsp3) is 0.304. The second-order valence-electron chi connectivity index (χ2n) is 7.81. The molecule has 0 bridgehead atoms. The van der Waals surface area contributed by atoms with Crippen molar-refractivity contribution in [2.75, 3.05) is 17.7 Å². The number of thiazole rings is 1. The zero-order valence-corrected chi connectivity index (χ0v) is 19.6. The highest BCUT2D eigenvalue weighted by Crippen LogP contribution is 2.28. The van der Waals surface area contributed by atoms with Crippen LogP contribution in [0, 0.1) is 12.7 Å². The van der Waals surface area contributed by atoms with E-state index in [9.17, 15) is 9.18 Å². The van der Waals surface area contributed by atoms with Crippen LogP contribution in [-0.4, -0.2) is 44.1 Å². The molecular formula is C23H22FN5O2S2. The summed E-state index contributed by atoms with van der Waals surface area (Å²) in [6.07, 6.45) is 2.06. The van der Waals surface area contributed by atoms with E-state index in [2.05, 4.69) is 20.5 Å². The highest BCUT2D eigenvalue weighted by Gasteiger charge is 2.22. The first-order chi connectivity index (χ1) is 16.0. The number of carbonyl (C=O) groups excluding carboxylic acids is 1. The van der Waals surface area contributed by atoms with Crippen molar-refractivity contribution in [2.24, 2.45) is 0 Å². The standard InChI is InChI=1S/C23H22FN5O2S2/c1-14-25-19-9-8-17(11-20(19)33-14)26-21(30)13-32-23-28-27-22(15-4-6-16(24)7-5-15)29(23)12-18-3-2-10-31-18/h4-9,11,18H,2-3,10,12-13H2,1H3,(H,26,30). The first-order valence-electron chi connectivity index (χ1n) is 10.7. The number of amides is 1. The molecule has 0 aliphatic carbocycles. The molecule has 1 N–H and O–H groups in total. The Morgan fingerprint density at radius 1 is 1.27 bits per heavy atom. The van der Waals surface area contributed by atoms with E-state index in [0.29, 0.717) is 17.5 Å². The number of nitrogens with zero attached hydrogens (tertiary/aromatic N) is 4. The van der Waals surface area contributed by atoms with Gasteiger partial charge in [0.25, 0.3) is 0 Å². The molecule has 170 valence electrons. The van der Waals surface area contributed by atoms with Crippen LogP contribution in [-0.2, 0) is 16.1 Å². The smallest absolute Gasteiger partial charge is 0.234 e. The highest BCUT2D eigenvalue weighted by atomic mass is 32.2. The van der Waals surface area contributed by atoms with Crippen LogP contribution in [0.5, 0.6) is 0 Å². The largest absolute Gasteiger partial charge is 0.376 e. The number of halogens is 1. The van der Waals surface area contributed by atoms with E-state index >= 15 is 0 Å². The Morgan fingerprint density at radius 3 is 2.91 bits per heavy atom. The van der Waals surface area contributed by atoms with Gasteiger partial charge in [0.2, 0.25) is 5.91 Å². The molecule has 1 saturated heterocycles. The van der Waals surface area contributed by atoms with Crippen LogP contribution in [0.1, 0.15) is 17.8 Å². The van der Waals surface area contributed by atoms with Gasteiger partial charge >= 0.3 is 0 Å². The Kier molecular flexibility index (Phi) is 6.39. The Labute approximate surface area is 198 Å². The lowest BCUT2D eigenvalue weighted by Gasteiger charge is -2.14. The molecule has 0 spiro atoms. The minimum Gasteiger partial charge on any atom is -0.376 e. The van der Waals surface area contributed by atoms with Gasteiger partial charge in [-0.15, -0.1) is 21.5 Å². The van der Waals surface area contributed by atoms with Crippen LogP contribution < -0.4 is 5.32 Å². The molecule has 10 heteroatoms. The lowest BCUT2D eigenvalue weighted by Crippen LogP contribution is -2.18. The van der Waals surface area contributed by atoms with Gasteiger partial charge in [0.15, 0.2) is 11.0 Å². The zero-order valence-electron chi connectivity index (χ0n) is 18.0. The van der Waals surface area contributed by atoms with E-state index < -0.39 is 0 Å². The predicted molar refractivity (Wildman–Crippen MR) is 128 cm³/mol. The van der Waals surface area contributed by atoms with E-state index in [4.69, 9.17) is 4.74 Å². The Balaban J connectivity index is 1.31. The second kappa shape index (κ2) is 9.58. The van der Waals surface area contributed by atoms with Gasteiger partial charge in [0.05, 0.1) is 33.6 Å².